The van der Waals surface area contributed by atoms with Crippen molar-refractivity contribution < 1.29 is 65.5 Å². The summed E-state index contributed by atoms with van der Waals surface area (Å²) in [7, 11) is 1.51. The third-order valence-electron chi connectivity index (χ3n) is 8.36. The number of alkyl halides is 9. The number of rotatable bonds is 11. The standard InChI is InChI=1S/C40H33F9IO/c1-3-4-5-6-10-28-24-34(50-32-17-19-33(51-2)20-18-32)36(26-12-8-15-30(22-26)39(44,45)46)37(27-13-9-16-31(23-27)40(47,48)49)35(28)25-11-7-14-29(21-25)38(41,42)43/h7-9,11-24H,3-6,10H2,1-2H3/q+1. The molecule has 0 amide bonds. The predicted molar refractivity (Wildman–Crippen MR) is 176 cm³/mol. The molecule has 0 aliphatic carbocycles. The first kappa shape index (κ1) is 38.2. The van der Waals surface area contributed by atoms with E-state index in [0.29, 0.717) is 27.7 Å². The number of halogens is 10. The van der Waals surface area contributed by atoms with Crippen LogP contribution in [0.25, 0.3) is 33.4 Å². The van der Waals surface area contributed by atoms with Crippen LogP contribution in [-0.4, -0.2) is 7.11 Å². The molecule has 0 aliphatic rings. The summed E-state index contributed by atoms with van der Waals surface area (Å²) in [5.41, 5.74) is -1.44. The lowest BCUT2D eigenvalue weighted by atomic mass is 9.82. The molecule has 1 nitrogen and oxygen atoms in total. The molecule has 11 heteroatoms. The number of ether oxygens (including phenoxy) is 1. The lowest BCUT2D eigenvalue weighted by Gasteiger charge is -2.22. The second kappa shape index (κ2) is 15.7. The van der Waals surface area contributed by atoms with Crippen LogP contribution >= 0.6 is 0 Å². The SMILES string of the molecule is CCCCCCc1cc([I+]c2ccc(OC)cc2)c(-c2cccc(C(F)(F)F)c2)c(-c2cccc(C(F)(F)F)c2)c1-c1cccc(C(F)(F)F)c1. The van der Waals surface area contributed by atoms with Crippen molar-refractivity contribution in [1.29, 1.82) is 0 Å². The van der Waals surface area contributed by atoms with Crippen LogP contribution < -0.4 is 25.9 Å². The molecule has 5 rings (SSSR count). The highest BCUT2D eigenvalue weighted by Crippen LogP contribution is 2.46. The summed E-state index contributed by atoms with van der Waals surface area (Å²) in [4.78, 5) is 0. The molecule has 5 aromatic rings. The highest BCUT2D eigenvalue weighted by atomic mass is 127. The zero-order valence-corrected chi connectivity index (χ0v) is 29.7. The molecular weight excluding hydrogens is 794 g/mol. The first-order valence-electron chi connectivity index (χ1n) is 16.1. The van der Waals surface area contributed by atoms with Gasteiger partial charge in [0.1, 0.15) is 5.75 Å². The number of unbranched alkanes of at least 4 members (excludes halogenated alkanes) is 3. The van der Waals surface area contributed by atoms with Gasteiger partial charge in [-0.1, -0.05) is 62.6 Å². The van der Waals surface area contributed by atoms with E-state index in [4.69, 9.17) is 4.74 Å². The molecule has 0 aromatic heterocycles. The molecular formula is C40H33F9IO+. The Morgan fingerprint density at radius 3 is 1.45 bits per heavy atom. The second-order valence-corrected chi connectivity index (χ2v) is 14.9. The van der Waals surface area contributed by atoms with Crippen LogP contribution in [0.2, 0.25) is 0 Å². The van der Waals surface area contributed by atoms with Gasteiger partial charge in [0, 0.05) is 11.1 Å². The maximum absolute atomic E-state index is 14.2. The number of aryl methyl sites for hydroxylation is 1. The molecule has 51 heavy (non-hydrogen) atoms. The molecule has 0 fully saturated rings. The molecule has 0 unspecified atom stereocenters. The van der Waals surface area contributed by atoms with E-state index in [1.807, 2.05) is 25.1 Å². The fraction of sp³-hybridized carbons (Fsp3) is 0.250. The molecule has 0 saturated heterocycles. The van der Waals surface area contributed by atoms with Crippen LogP contribution in [0, 0.1) is 7.14 Å². The van der Waals surface area contributed by atoms with Crippen LogP contribution in [-0.2, 0) is 24.9 Å². The van der Waals surface area contributed by atoms with Gasteiger partial charge >= 0.3 is 39.7 Å². The van der Waals surface area contributed by atoms with E-state index in [0.717, 1.165) is 59.2 Å². The third kappa shape index (κ3) is 9.27. The first-order chi connectivity index (χ1) is 24.1. The molecule has 5 aromatic carbocycles. The predicted octanol–water partition coefficient (Wildman–Crippen LogP) is 10.0. The Bertz CT molecular complexity index is 1960. The maximum Gasteiger partial charge on any atom is 0.416 e. The third-order valence-corrected chi connectivity index (χ3v) is 11.1. The van der Waals surface area contributed by atoms with Crippen molar-refractivity contribution in [1.82, 2.24) is 0 Å². The molecule has 0 N–H and O–H groups in total. The van der Waals surface area contributed by atoms with Crippen LogP contribution in [0.3, 0.4) is 0 Å². The van der Waals surface area contributed by atoms with Gasteiger partial charge in [0.15, 0.2) is 3.57 Å². The van der Waals surface area contributed by atoms with Gasteiger partial charge < -0.3 is 4.74 Å². The summed E-state index contributed by atoms with van der Waals surface area (Å²) < 4.78 is 134. The molecule has 0 bridgehead atoms. The Morgan fingerprint density at radius 1 is 0.529 bits per heavy atom. The fourth-order valence-corrected chi connectivity index (χ4v) is 8.69. The van der Waals surface area contributed by atoms with Crippen molar-refractivity contribution in [3.05, 3.63) is 133 Å². The molecule has 0 radical (unpaired) electrons. The Hall–Kier alpha value is -4.00. The quantitative estimate of drug-likeness (QED) is 0.0733. The van der Waals surface area contributed by atoms with Crippen LogP contribution in [0.15, 0.2) is 103 Å². The summed E-state index contributed by atoms with van der Waals surface area (Å²) in [6.45, 7) is 2.03. The van der Waals surface area contributed by atoms with Gasteiger partial charge in [-0.3, -0.25) is 0 Å². The average molecular weight is 828 g/mol. The summed E-state index contributed by atoms with van der Waals surface area (Å²) >= 11 is -1.20. The monoisotopic (exact) mass is 827 g/mol. The van der Waals surface area contributed by atoms with Gasteiger partial charge in [0.25, 0.3) is 0 Å². The smallest absolute Gasteiger partial charge is 0.416 e. The lowest BCUT2D eigenvalue weighted by Crippen LogP contribution is -3.61. The van der Waals surface area contributed by atoms with Gasteiger partial charge in [-0.05, 0) is 107 Å². The molecule has 0 heterocycles. The van der Waals surface area contributed by atoms with Crippen LogP contribution in [0.1, 0.15) is 54.9 Å². The van der Waals surface area contributed by atoms with Crippen molar-refractivity contribution in [2.24, 2.45) is 0 Å². The average Bonchev–Trinajstić information content (AvgIpc) is 3.09. The zero-order chi connectivity index (χ0) is 37.0. The van der Waals surface area contributed by atoms with Crippen molar-refractivity contribution in [2.45, 2.75) is 57.6 Å². The minimum absolute atomic E-state index is 0.0278. The van der Waals surface area contributed by atoms with Crippen LogP contribution in [0.5, 0.6) is 5.75 Å². The Morgan fingerprint density at radius 2 is 1.00 bits per heavy atom. The highest BCUT2D eigenvalue weighted by Gasteiger charge is 2.36. The van der Waals surface area contributed by atoms with Crippen molar-refractivity contribution >= 4 is 0 Å². The second-order valence-electron chi connectivity index (χ2n) is 11.9. The zero-order valence-electron chi connectivity index (χ0n) is 27.5. The summed E-state index contributed by atoms with van der Waals surface area (Å²) in [6, 6.07) is 22.5. The Kier molecular flexibility index (Phi) is 11.8. The number of hydrogen-bond donors (Lipinski definition) is 0. The van der Waals surface area contributed by atoms with Crippen molar-refractivity contribution in [3.63, 3.8) is 0 Å². The first-order valence-corrected chi connectivity index (χ1v) is 18.3. The van der Waals surface area contributed by atoms with E-state index in [1.165, 1.54) is 43.5 Å². The number of benzene rings is 5. The minimum Gasteiger partial charge on any atom is -0.497 e. The normalized spacial score (nSPS) is 12.3. The molecule has 0 saturated carbocycles. The van der Waals surface area contributed by atoms with E-state index in [1.54, 1.807) is 12.1 Å². The summed E-state index contributed by atoms with van der Waals surface area (Å²) in [5.74, 6) is 0.585. The van der Waals surface area contributed by atoms with Gasteiger partial charge in [-0.15, -0.1) is 0 Å². The summed E-state index contributed by atoms with van der Waals surface area (Å²) in [5, 5.41) is 0. The Balaban J connectivity index is 1.95. The Labute approximate surface area is 300 Å². The van der Waals surface area contributed by atoms with Gasteiger partial charge in [-0.25, -0.2) is 0 Å². The molecule has 0 spiro atoms. The van der Waals surface area contributed by atoms with E-state index in [2.05, 4.69) is 0 Å². The van der Waals surface area contributed by atoms with E-state index < -0.39 is 56.4 Å². The lowest BCUT2D eigenvalue weighted by molar-refractivity contribution is -0.596. The fourth-order valence-electron chi connectivity index (χ4n) is 5.92. The van der Waals surface area contributed by atoms with Gasteiger partial charge in [-0.2, -0.15) is 39.5 Å². The molecule has 268 valence electrons. The molecule has 0 atom stereocenters. The van der Waals surface area contributed by atoms with Crippen molar-refractivity contribution in [2.75, 3.05) is 7.11 Å². The number of hydrogen-bond acceptors (Lipinski definition) is 1. The van der Waals surface area contributed by atoms with E-state index in [9.17, 15) is 39.5 Å². The maximum atomic E-state index is 14.2. The summed E-state index contributed by atoms with van der Waals surface area (Å²) in [6.07, 6.45) is -10.6. The van der Waals surface area contributed by atoms with Crippen LogP contribution in [0.4, 0.5) is 39.5 Å². The molecule has 0 aliphatic heterocycles. The van der Waals surface area contributed by atoms with Gasteiger partial charge in [0.05, 0.1) is 23.8 Å². The largest absolute Gasteiger partial charge is 0.497 e. The minimum atomic E-state index is -4.76. The van der Waals surface area contributed by atoms with E-state index >= 15 is 0 Å². The topological polar surface area (TPSA) is 9.23 Å². The van der Waals surface area contributed by atoms with E-state index in [-0.39, 0.29) is 33.4 Å². The number of methoxy groups -OCH3 is 1. The van der Waals surface area contributed by atoms with Crippen molar-refractivity contribution in [3.8, 4) is 39.1 Å². The van der Waals surface area contributed by atoms with Gasteiger partial charge in [0.2, 0.25) is 3.57 Å². The highest BCUT2D eigenvalue weighted by molar-refractivity contribution is 5.96.